The molecule has 94 valence electrons. The Labute approximate surface area is 118 Å². The van der Waals surface area contributed by atoms with E-state index in [1.54, 1.807) is 12.3 Å². The lowest BCUT2D eigenvalue weighted by molar-refractivity contribution is 0.476. The number of aromatic nitrogens is 1. The lowest BCUT2D eigenvalue weighted by atomic mass is 10.2. The SMILES string of the molecule is Fc1ccc(-c2cnc(CNC3CC3)o2)c(I)c1. The van der Waals surface area contributed by atoms with Crippen LogP contribution in [0.3, 0.4) is 0 Å². The van der Waals surface area contributed by atoms with E-state index < -0.39 is 0 Å². The van der Waals surface area contributed by atoms with Crippen molar-refractivity contribution in [3.8, 4) is 11.3 Å². The van der Waals surface area contributed by atoms with E-state index in [9.17, 15) is 4.39 Å². The molecule has 1 aliphatic carbocycles. The monoisotopic (exact) mass is 358 g/mol. The molecule has 0 saturated heterocycles. The Balaban J connectivity index is 1.78. The van der Waals surface area contributed by atoms with Gasteiger partial charge in [0.15, 0.2) is 5.76 Å². The lowest BCUT2D eigenvalue weighted by Gasteiger charge is -2.00. The van der Waals surface area contributed by atoms with E-state index in [-0.39, 0.29) is 5.82 Å². The molecule has 3 rings (SSSR count). The van der Waals surface area contributed by atoms with Crippen molar-refractivity contribution in [2.45, 2.75) is 25.4 Å². The van der Waals surface area contributed by atoms with Crippen LogP contribution in [0.25, 0.3) is 11.3 Å². The summed E-state index contributed by atoms with van der Waals surface area (Å²) in [5.74, 6) is 1.13. The molecule has 1 heterocycles. The van der Waals surface area contributed by atoms with Gasteiger partial charge in [-0.15, -0.1) is 0 Å². The molecule has 0 bridgehead atoms. The highest BCUT2D eigenvalue weighted by Gasteiger charge is 2.21. The summed E-state index contributed by atoms with van der Waals surface area (Å²) in [5.41, 5.74) is 0.877. The summed E-state index contributed by atoms with van der Waals surface area (Å²) < 4.78 is 19.5. The maximum atomic E-state index is 13.0. The number of oxazole rings is 1. The predicted molar refractivity (Wildman–Crippen MR) is 74.5 cm³/mol. The van der Waals surface area contributed by atoms with Gasteiger partial charge < -0.3 is 9.73 Å². The number of benzene rings is 1. The van der Waals surface area contributed by atoms with Gasteiger partial charge in [0, 0.05) is 15.2 Å². The zero-order valence-corrected chi connectivity index (χ0v) is 11.8. The van der Waals surface area contributed by atoms with Crippen molar-refractivity contribution in [1.29, 1.82) is 0 Å². The van der Waals surface area contributed by atoms with Crippen molar-refractivity contribution in [1.82, 2.24) is 10.3 Å². The summed E-state index contributed by atoms with van der Waals surface area (Å²) in [6.07, 6.45) is 4.17. The number of nitrogens with zero attached hydrogens (tertiary/aromatic N) is 1. The predicted octanol–water partition coefficient (Wildman–Crippen LogP) is 3.34. The molecular weight excluding hydrogens is 346 g/mol. The quantitative estimate of drug-likeness (QED) is 0.852. The maximum absolute atomic E-state index is 13.0. The van der Waals surface area contributed by atoms with E-state index in [4.69, 9.17) is 4.42 Å². The molecule has 1 aromatic carbocycles. The Morgan fingerprint density at radius 3 is 3.00 bits per heavy atom. The van der Waals surface area contributed by atoms with Crippen LogP contribution in [-0.4, -0.2) is 11.0 Å². The van der Waals surface area contributed by atoms with Gasteiger partial charge in [-0.2, -0.15) is 0 Å². The van der Waals surface area contributed by atoms with Gasteiger partial charge in [-0.1, -0.05) is 0 Å². The van der Waals surface area contributed by atoms with Gasteiger partial charge in [0.2, 0.25) is 5.89 Å². The fourth-order valence-electron chi connectivity index (χ4n) is 1.72. The number of halogens is 2. The maximum Gasteiger partial charge on any atom is 0.208 e. The van der Waals surface area contributed by atoms with Crippen LogP contribution in [0, 0.1) is 9.39 Å². The highest BCUT2D eigenvalue weighted by Crippen LogP contribution is 2.27. The Morgan fingerprint density at radius 2 is 2.28 bits per heavy atom. The minimum absolute atomic E-state index is 0.238. The third-order valence-corrected chi connectivity index (χ3v) is 3.76. The first-order chi connectivity index (χ1) is 8.72. The number of hydrogen-bond acceptors (Lipinski definition) is 3. The summed E-state index contributed by atoms with van der Waals surface area (Å²) in [6.45, 7) is 0.655. The minimum atomic E-state index is -0.238. The van der Waals surface area contributed by atoms with Gasteiger partial charge in [0.25, 0.3) is 0 Å². The second-order valence-electron chi connectivity index (χ2n) is 4.40. The molecular formula is C13H12FIN2O. The van der Waals surface area contributed by atoms with Crippen LogP contribution in [-0.2, 0) is 6.54 Å². The highest BCUT2D eigenvalue weighted by atomic mass is 127. The molecule has 1 aromatic heterocycles. The third kappa shape index (κ3) is 2.72. The molecule has 18 heavy (non-hydrogen) atoms. The molecule has 1 aliphatic rings. The first-order valence-electron chi connectivity index (χ1n) is 5.86. The topological polar surface area (TPSA) is 38.1 Å². The van der Waals surface area contributed by atoms with Crippen molar-refractivity contribution >= 4 is 22.6 Å². The smallest absolute Gasteiger partial charge is 0.208 e. The summed E-state index contributed by atoms with van der Waals surface area (Å²) in [6, 6.07) is 5.27. The molecule has 1 N–H and O–H groups in total. The largest absolute Gasteiger partial charge is 0.439 e. The number of rotatable bonds is 4. The molecule has 1 saturated carbocycles. The van der Waals surface area contributed by atoms with Crippen LogP contribution in [0.4, 0.5) is 4.39 Å². The van der Waals surface area contributed by atoms with Crippen LogP contribution in [0.15, 0.2) is 28.8 Å². The first kappa shape index (κ1) is 12.1. The van der Waals surface area contributed by atoms with Gasteiger partial charge in [0.05, 0.1) is 12.7 Å². The van der Waals surface area contributed by atoms with Crippen LogP contribution in [0.5, 0.6) is 0 Å². The summed E-state index contributed by atoms with van der Waals surface area (Å²) in [7, 11) is 0. The van der Waals surface area contributed by atoms with Crippen LogP contribution in [0.2, 0.25) is 0 Å². The van der Waals surface area contributed by atoms with Crippen molar-refractivity contribution < 1.29 is 8.81 Å². The van der Waals surface area contributed by atoms with Crippen LogP contribution < -0.4 is 5.32 Å². The second-order valence-corrected chi connectivity index (χ2v) is 5.56. The molecule has 0 spiro atoms. The highest BCUT2D eigenvalue weighted by molar-refractivity contribution is 14.1. The molecule has 1 fully saturated rings. The third-order valence-electron chi connectivity index (χ3n) is 2.87. The van der Waals surface area contributed by atoms with Gasteiger partial charge in [-0.25, -0.2) is 9.37 Å². The summed E-state index contributed by atoms with van der Waals surface area (Å²) >= 11 is 2.10. The average Bonchev–Trinajstić information content (AvgIpc) is 3.05. The lowest BCUT2D eigenvalue weighted by Crippen LogP contribution is -2.15. The molecule has 5 heteroatoms. The fourth-order valence-corrected chi connectivity index (χ4v) is 2.47. The molecule has 0 amide bonds. The van der Waals surface area contributed by atoms with Gasteiger partial charge in [-0.3, -0.25) is 0 Å². The average molecular weight is 358 g/mol. The molecule has 3 nitrogen and oxygen atoms in total. The van der Waals surface area contributed by atoms with Crippen molar-refractivity contribution in [3.63, 3.8) is 0 Å². The van der Waals surface area contributed by atoms with E-state index in [2.05, 4.69) is 32.9 Å². The standard InChI is InChI=1S/C13H12FIN2O/c14-8-1-4-10(11(15)5-8)12-6-17-13(18-12)7-16-9-2-3-9/h1,4-6,9,16H,2-3,7H2. The van der Waals surface area contributed by atoms with Gasteiger partial charge >= 0.3 is 0 Å². The Morgan fingerprint density at radius 1 is 1.44 bits per heavy atom. The second kappa shape index (κ2) is 4.97. The normalized spacial score (nSPS) is 15.0. The van der Waals surface area contributed by atoms with Crippen molar-refractivity contribution in [3.05, 3.63) is 39.7 Å². The number of nitrogens with one attached hydrogen (secondary N) is 1. The fraction of sp³-hybridized carbons (Fsp3) is 0.308. The number of hydrogen-bond donors (Lipinski definition) is 1. The zero-order valence-electron chi connectivity index (χ0n) is 9.62. The first-order valence-corrected chi connectivity index (χ1v) is 6.94. The zero-order chi connectivity index (χ0) is 12.5. The molecule has 2 aromatic rings. The van der Waals surface area contributed by atoms with Crippen molar-refractivity contribution in [2.24, 2.45) is 0 Å². The Kier molecular flexibility index (Phi) is 3.34. The molecule has 0 radical (unpaired) electrons. The van der Waals surface area contributed by atoms with Crippen molar-refractivity contribution in [2.75, 3.05) is 0 Å². The molecule has 0 unspecified atom stereocenters. The summed E-state index contributed by atoms with van der Waals surface area (Å²) in [4.78, 5) is 4.23. The summed E-state index contributed by atoms with van der Waals surface area (Å²) in [5, 5.41) is 3.34. The molecule has 0 atom stereocenters. The van der Waals surface area contributed by atoms with Crippen LogP contribution in [0.1, 0.15) is 18.7 Å². The minimum Gasteiger partial charge on any atom is -0.439 e. The Hall–Kier alpha value is -0.950. The van der Waals surface area contributed by atoms with E-state index in [1.807, 2.05) is 0 Å². The van der Waals surface area contributed by atoms with Gasteiger partial charge in [-0.05, 0) is 53.6 Å². The van der Waals surface area contributed by atoms with Gasteiger partial charge in [0.1, 0.15) is 5.82 Å². The van der Waals surface area contributed by atoms with E-state index in [0.717, 1.165) is 9.13 Å². The Bertz CT molecular complexity index is 566. The van der Waals surface area contributed by atoms with E-state index in [0.29, 0.717) is 24.2 Å². The van der Waals surface area contributed by atoms with E-state index >= 15 is 0 Å². The van der Waals surface area contributed by atoms with E-state index in [1.165, 1.54) is 25.0 Å². The molecule has 0 aliphatic heterocycles. The van der Waals surface area contributed by atoms with Crippen LogP contribution >= 0.6 is 22.6 Å².